The van der Waals surface area contributed by atoms with Crippen LogP contribution in [0.15, 0.2) is 24.3 Å². The zero-order valence-electron chi connectivity index (χ0n) is 11.4. The Hall–Kier alpha value is -1.56. The molecule has 1 aliphatic heterocycles. The van der Waals surface area contributed by atoms with E-state index in [2.05, 4.69) is 10.6 Å². The molecule has 2 N–H and O–H groups in total. The Balaban J connectivity index is 1.65. The molecule has 3 nitrogen and oxygen atoms in total. The van der Waals surface area contributed by atoms with Crippen LogP contribution in [0.5, 0.6) is 0 Å². The minimum absolute atomic E-state index is 0.149. The first-order valence-corrected chi connectivity index (χ1v) is 7.16. The van der Waals surface area contributed by atoms with Crippen LogP contribution in [0.4, 0.5) is 18.9 Å². The molecule has 0 radical (unpaired) electrons. The monoisotopic (exact) mass is 298 g/mol. The molecule has 1 saturated carbocycles. The number of halogens is 3. The zero-order chi connectivity index (χ0) is 15.0. The van der Waals surface area contributed by atoms with Gasteiger partial charge in [-0.2, -0.15) is 13.2 Å². The molecule has 2 fully saturated rings. The predicted octanol–water partition coefficient (Wildman–Crippen LogP) is 3.03. The van der Waals surface area contributed by atoms with E-state index in [-0.39, 0.29) is 11.9 Å². The SMILES string of the molecule is O=C(Nc1ccc(C(F)(F)F)cc1)C1NCC2CCCC21. The lowest BCUT2D eigenvalue weighted by Gasteiger charge is -2.18. The van der Waals surface area contributed by atoms with Crippen LogP contribution in [0.1, 0.15) is 24.8 Å². The molecule has 0 bridgehead atoms. The Morgan fingerprint density at radius 2 is 1.90 bits per heavy atom. The van der Waals surface area contributed by atoms with E-state index in [1.165, 1.54) is 12.1 Å². The first-order valence-electron chi connectivity index (χ1n) is 7.16. The van der Waals surface area contributed by atoms with Gasteiger partial charge in [-0.25, -0.2) is 0 Å². The maximum atomic E-state index is 12.5. The van der Waals surface area contributed by atoms with Crippen LogP contribution in [0.25, 0.3) is 0 Å². The van der Waals surface area contributed by atoms with Gasteiger partial charge in [0.25, 0.3) is 0 Å². The molecule has 3 rings (SSSR count). The third kappa shape index (κ3) is 2.90. The number of carbonyl (C=O) groups excluding carboxylic acids is 1. The van der Waals surface area contributed by atoms with E-state index in [1.807, 2.05) is 0 Å². The van der Waals surface area contributed by atoms with Crippen molar-refractivity contribution in [3.63, 3.8) is 0 Å². The fraction of sp³-hybridized carbons (Fsp3) is 0.533. The summed E-state index contributed by atoms with van der Waals surface area (Å²) in [5.41, 5.74) is -0.313. The molecule has 114 valence electrons. The second-order valence-corrected chi connectivity index (χ2v) is 5.81. The molecule has 1 aliphatic carbocycles. The second-order valence-electron chi connectivity index (χ2n) is 5.81. The van der Waals surface area contributed by atoms with Crippen LogP contribution in [0.2, 0.25) is 0 Å². The predicted molar refractivity (Wildman–Crippen MR) is 72.7 cm³/mol. The van der Waals surface area contributed by atoms with Gasteiger partial charge in [0.2, 0.25) is 5.91 Å². The summed E-state index contributed by atoms with van der Waals surface area (Å²) in [6.45, 7) is 0.857. The van der Waals surface area contributed by atoms with E-state index in [9.17, 15) is 18.0 Å². The summed E-state index contributed by atoms with van der Waals surface area (Å²) in [5, 5.41) is 5.93. The average molecular weight is 298 g/mol. The van der Waals surface area contributed by atoms with Gasteiger partial charge in [-0.1, -0.05) is 6.42 Å². The molecular formula is C15H17F3N2O. The smallest absolute Gasteiger partial charge is 0.325 e. The maximum absolute atomic E-state index is 12.5. The summed E-state index contributed by atoms with van der Waals surface area (Å²) in [5.74, 6) is 0.775. The molecule has 1 amide bonds. The number of amides is 1. The lowest BCUT2D eigenvalue weighted by molar-refractivity contribution is -0.137. The number of hydrogen-bond donors (Lipinski definition) is 2. The van der Waals surface area contributed by atoms with E-state index < -0.39 is 11.7 Å². The summed E-state index contributed by atoms with van der Waals surface area (Å²) in [4.78, 5) is 12.2. The van der Waals surface area contributed by atoms with Gasteiger partial charge >= 0.3 is 6.18 Å². The number of nitrogens with one attached hydrogen (secondary N) is 2. The normalized spacial score (nSPS) is 28.4. The number of alkyl halides is 3. The molecule has 1 heterocycles. The molecule has 21 heavy (non-hydrogen) atoms. The Kier molecular flexibility index (Phi) is 3.65. The number of hydrogen-bond acceptors (Lipinski definition) is 2. The van der Waals surface area contributed by atoms with Crippen molar-refractivity contribution < 1.29 is 18.0 Å². The van der Waals surface area contributed by atoms with Crippen molar-refractivity contribution in [3.05, 3.63) is 29.8 Å². The third-order valence-corrected chi connectivity index (χ3v) is 4.51. The lowest BCUT2D eigenvalue weighted by Crippen LogP contribution is -2.39. The Bertz CT molecular complexity index is 527. The van der Waals surface area contributed by atoms with Gasteiger partial charge in [0.15, 0.2) is 0 Å². The summed E-state index contributed by atoms with van der Waals surface area (Å²) >= 11 is 0. The van der Waals surface area contributed by atoms with Crippen LogP contribution in [-0.4, -0.2) is 18.5 Å². The molecule has 2 aliphatic rings. The molecule has 3 unspecified atom stereocenters. The van der Waals surface area contributed by atoms with Gasteiger partial charge in [0.05, 0.1) is 11.6 Å². The number of anilines is 1. The molecule has 3 atom stereocenters. The van der Waals surface area contributed by atoms with Crippen molar-refractivity contribution in [3.8, 4) is 0 Å². The number of benzene rings is 1. The maximum Gasteiger partial charge on any atom is 0.416 e. The van der Waals surface area contributed by atoms with E-state index in [4.69, 9.17) is 0 Å². The minimum atomic E-state index is -4.35. The van der Waals surface area contributed by atoms with Gasteiger partial charge in [-0.15, -0.1) is 0 Å². The van der Waals surface area contributed by atoms with Gasteiger partial charge in [0, 0.05) is 5.69 Å². The fourth-order valence-corrected chi connectivity index (χ4v) is 3.44. The molecule has 6 heteroatoms. The van der Waals surface area contributed by atoms with Crippen molar-refractivity contribution in [2.75, 3.05) is 11.9 Å². The summed E-state index contributed by atoms with van der Waals surface area (Å²) in [6, 6.07) is 4.33. The highest BCUT2D eigenvalue weighted by molar-refractivity contribution is 5.95. The summed E-state index contributed by atoms with van der Waals surface area (Å²) < 4.78 is 37.4. The van der Waals surface area contributed by atoms with Crippen molar-refractivity contribution in [2.45, 2.75) is 31.5 Å². The zero-order valence-corrected chi connectivity index (χ0v) is 11.4. The number of fused-ring (bicyclic) bond motifs is 1. The van der Waals surface area contributed by atoms with Crippen LogP contribution in [0.3, 0.4) is 0 Å². The van der Waals surface area contributed by atoms with E-state index in [1.54, 1.807) is 0 Å². The average Bonchev–Trinajstić information content (AvgIpc) is 3.00. The molecule has 0 spiro atoms. The van der Waals surface area contributed by atoms with Crippen molar-refractivity contribution in [1.82, 2.24) is 5.32 Å². The fourth-order valence-electron chi connectivity index (χ4n) is 3.44. The van der Waals surface area contributed by atoms with Gasteiger partial charge in [-0.05, 0) is 55.5 Å². The third-order valence-electron chi connectivity index (χ3n) is 4.51. The number of carbonyl (C=O) groups is 1. The standard InChI is InChI=1S/C15H17F3N2O/c16-15(17,18)10-4-6-11(7-5-10)20-14(21)13-12-3-1-2-9(12)8-19-13/h4-7,9,12-13,19H,1-3,8H2,(H,20,21). The van der Waals surface area contributed by atoms with Crippen LogP contribution >= 0.6 is 0 Å². The minimum Gasteiger partial charge on any atom is -0.325 e. The molecule has 1 aromatic rings. The first-order chi connectivity index (χ1) is 9.95. The molecule has 0 aromatic heterocycles. The van der Waals surface area contributed by atoms with Gasteiger partial charge < -0.3 is 10.6 Å². The number of rotatable bonds is 2. The van der Waals surface area contributed by atoms with Crippen molar-refractivity contribution in [2.24, 2.45) is 11.8 Å². The van der Waals surface area contributed by atoms with E-state index in [0.29, 0.717) is 17.5 Å². The lowest BCUT2D eigenvalue weighted by atomic mass is 9.93. The molecule has 1 saturated heterocycles. The van der Waals surface area contributed by atoms with E-state index >= 15 is 0 Å². The summed E-state index contributed by atoms with van der Waals surface area (Å²) in [7, 11) is 0. The van der Waals surface area contributed by atoms with Crippen LogP contribution < -0.4 is 10.6 Å². The van der Waals surface area contributed by atoms with Crippen LogP contribution in [0, 0.1) is 11.8 Å². The highest BCUT2D eigenvalue weighted by Crippen LogP contribution is 2.38. The van der Waals surface area contributed by atoms with Crippen molar-refractivity contribution >= 4 is 11.6 Å². The van der Waals surface area contributed by atoms with E-state index in [0.717, 1.165) is 37.9 Å². The second kappa shape index (κ2) is 5.33. The van der Waals surface area contributed by atoms with Gasteiger partial charge in [-0.3, -0.25) is 4.79 Å². The summed E-state index contributed by atoms with van der Waals surface area (Å²) in [6.07, 6.45) is -1.00. The first kappa shape index (κ1) is 14.4. The molecule has 1 aromatic carbocycles. The highest BCUT2D eigenvalue weighted by atomic mass is 19.4. The Labute approximate surface area is 120 Å². The molecular weight excluding hydrogens is 281 g/mol. The highest BCUT2D eigenvalue weighted by Gasteiger charge is 2.42. The largest absolute Gasteiger partial charge is 0.416 e. The topological polar surface area (TPSA) is 41.1 Å². The van der Waals surface area contributed by atoms with Crippen molar-refractivity contribution in [1.29, 1.82) is 0 Å². The Morgan fingerprint density at radius 3 is 2.57 bits per heavy atom. The van der Waals surface area contributed by atoms with Crippen LogP contribution in [-0.2, 0) is 11.0 Å². The Morgan fingerprint density at radius 1 is 1.19 bits per heavy atom. The quantitative estimate of drug-likeness (QED) is 0.881. The van der Waals surface area contributed by atoms with Gasteiger partial charge in [0.1, 0.15) is 0 Å².